The highest BCUT2D eigenvalue weighted by Gasteiger charge is 2.43. The first-order chi connectivity index (χ1) is 19.7. The summed E-state index contributed by atoms with van der Waals surface area (Å²) < 4.78 is 28.5. The zero-order valence-corrected chi connectivity index (χ0v) is 23.9. The van der Waals surface area contributed by atoms with Crippen LogP contribution in [-0.4, -0.2) is 47.1 Å². The number of methoxy groups -OCH3 is 1. The fraction of sp³-hybridized carbons (Fsp3) is 0.484. The molecule has 1 amide bonds. The van der Waals surface area contributed by atoms with Crippen LogP contribution in [0, 0.1) is 5.92 Å². The van der Waals surface area contributed by atoms with Gasteiger partial charge >= 0.3 is 12.2 Å². The number of hydrogen-bond donors (Lipinski definition) is 1. The van der Waals surface area contributed by atoms with Crippen molar-refractivity contribution in [1.82, 2.24) is 15.3 Å². The molecule has 3 heterocycles. The molecule has 1 aliphatic carbocycles. The second-order valence-electron chi connectivity index (χ2n) is 11.6. The Morgan fingerprint density at radius 2 is 1.80 bits per heavy atom. The highest BCUT2D eigenvalue weighted by Crippen LogP contribution is 2.43. The molecule has 1 saturated carbocycles. The first-order valence-electron chi connectivity index (χ1n) is 14.1. The zero-order valence-electron chi connectivity index (χ0n) is 23.9. The van der Waals surface area contributed by atoms with Crippen LogP contribution in [0.1, 0.15) is 70.1 Å². The lowest BCUT2D eigenvalue weighted by molar-refractivity contribution is 0.0478. The number of carbonyl (C=O) groups is 2. The van der Waals surface area contributed by atoms with Crippen molar-refractivity contribution in [2.75, 3.05) is 7.11 Å². The SMILES string of the molecule is COc1ccc2ncc(OCc3ccccc3)c([C@H]3OC(=O)O[C@@H]3CC3CCC(NC(=O)OC(C)(C)C)CC3)c2n1. The van der Waals surface area contributed by atoms with E-state index in [2.05, 4.69) is 15.3 Å². The number of fused-ring (bicyclic) bond motifs is 1. The zero-order chi connectivity index (χ0) is 29.0. The van der Waals surface area contributed by atoms with E-state index in [4.69, 9.17) is 23.7 Å². The molecule has 10 nitrogen and oxygen atoms in total. The summed E-state index contributed by atoms with van der Waals surface area (Å²) >= 11 is 0. The highest BCUT2D eigenvalue weighted by molar-refractivity contribution is 5.82. The normalized spacial score (nSPS) is 22.5. The van der Waals surface area contributed by atoms with Crippen molar-refractivity contribution in [1.29, 1.82) is 0 Å². The van der Waals surface area contributed by atoms with Crippen LogP contribution in [0.5, 0.6) is 11.6 Å². The van der Waals surface area contributed by atoms with Gasteiger partial charge in [0, 0.05) is 12.1 Å². The minimum atomic E-state index is -0.726. The average molecular weight is 564 g/mol. The van der Waals surface area contributed by atoms with Crippen molar-refractivity contribution in [3.8, 4) is 11.6 Å². The topological polar surface area (TPSA) is 118 Å². The summed E-state index contributed by atoms with van der Waals surface area (Å²) in [5.74, 6) is 1.18. The van der Waals surface area contributed by atoms with E-state index in [9.17, 15) is 9.59 Å². The Morgan fingerprint density at radius 1 is 1.05 bits per heavy atom. The van der Waals surface area contributed by atoms with E-state index in [0.29, 0.717) is 41.3 Å². The molecular formula is C31H37N3O7. The van der Waals surface area contributed by atoms with Crippen molar-refractivity contribution in [2.45, 2.75) is 83.3 Å². The van der Waals surface area contributed by atoms with E-state index in [0.717, 1.165) is 31.2 Å². The molecule has 2 atom stereocenters. The number of alkyl carbamates (subject to hydrolysis) is 1. The summed E-state index contributed by atoms with van der Waals surface area (Å²) in [4.78, 5) is 33.9. The van der Waals surface area contributed by atoms with Crippen LogP contribution in [-0.2, 0) is 20.8 Å². The Morgan fingerprint density at radius 3 is 2.51 bits per heavy atom. The van der Waals surface area contributed by atoms with Crippen LogP contribution in [0.15, 0.2) is 48.7 Å². The van der Waals surface area contributed by atoms with Crippen LogP contribution in [0.4, 0.5) is 9.59 Å². The molecule has 1 aromatic carbocycles. The Labute approximate surface area is 239 Å². The highest BCUT2D eigenvalue weighted by atomic mass is 16.8. The summed E-state index contributed by atoms with van der Waals surface area (Å²) in [7, 11) is 1.55. The van der Waals surface area contributed by atoms with Crippen molar-refractivity contribution in [3.05, 3.63) is 59.8 Å². The van der Waals surface area contributed by atoms with Gasteiger partial charge in [-0.3, -0.25) is 4.98 Å². The molecule has 5 rings (SSSR count). The molecule has 0 spiro atoms. The molecule has 1 aliphatic heterocycles. The van der Waals surface area contributed by atoms with Crippen LogP contribution >= 0.6 is 0 Å². The van der Waals surface area contributed by atoms with Crippen LogP contribution < -0.4 is 14.8 Å². The minimum Gasteiger partial charge on any atom is -0.487 e. The predicted octanol–water partition coefficient (Wildman–Crippen LogP) is 6.27. The van der Waals surface area contributed by atoms with Gasteiger partial charge in [-0.2, -0.15) is 0 Å². The maximum Gasteiger partial charge on any atom is 0.509 e. The van der Waals surface area contributed by atoms with Gasteiger partial charge < -0.3 is 29.0 Å². The molecule has 1 saturated heterocycles. The van der Waals surface area contributed by atoms with Crippen molar-refractivity contribution < 1.29 is 33.3 Å². The standard InChI is InChI=1S/C31H37N3O7/c1-31(2,3)41-29(35)33-21-12-10-19(11-13-21)16-23-28(40-30(36)39-23)26-24(38-18-20-8-6-5-7-9-20)17-32-22-14-15-25(37-4)34-27(22)26/h5-9,14-15,17,19,21,23,28H,10-13,16,18H2,1-4H3,(H,33,35)/t19?,21?,23-,28+/m1/s1. The number of cyclic esters (lactones) is 2. The van der Waals surface area contributed by atoms with E-state index in [-0.39, 0.29) is 12.0 Å². The lowest BCUT2D eigenvalue weighted by Crippen LogP contribution is -2.41. The number of nitrogens with zero attached hydrogens (tertiary/aromatic N) is 2. The largest absolute Gasteiger partial charge is 0.509 e. The van der Waals surface area contributed by atoms with Gasteiger partial charge in [0.15, 0.2) is 6.10 Å². The summed E-state index contributed by atoms with van der Waals surface area (Å²) in [6, 6.07) is 13.4. The van der Waals surface area contributed by atoms with Crippen LogP contribution in [0.3, 0.4) is 0 Å². The Kier molecular flexibility index (Phi) is 8.46. The quantitative estimate of drug-likeness (QED) is 0.316. The molecule has 2 fully saturated rings. The molecule has 3 aromatic rings. The maximum atomic E-state index is 12.5. The summed E-state index contributed by atoms with van der Waals surface area (Å²) in [6.45, 7) is 5.85. The van der Waals surface area contributed by atoms with E-state index in [1.54, 1.807) is 19.4 Å². The maximum absolute atomic E-state index is 12.5. The minimum absolute atomic E-state index is 0.0538. The number of amides is 1. The third kappa shape index (κ3) is 7.17. The van der Waals surface area contributed by atoms with Gasteiger partial charge in [-0.15, -0.1) is 0 Å². The van der Waals surface area contributed by atoms with E-state index >= 15 is 0 Å². The number of carbonyl (C=O) groups excluding carboxylic acids is 2. The molecule has 0 radical (unpaired) electrons. The molecule has 0 unspecified atom stereocenters. The number of ether oxygens (including phenoxy) is 5. The smallest absolute Gasteiger partial charge is 0.487 e. The Balaban J connectivity index is 1.34. The lowest BCUT2D eigenvalue weighted by Gasteiger charge is -2.31. The predicted molar refractivity (Wildman–Crippen MR) is 151 cm³/mol. The molecule has 0 bridgehead atoms. The number of pyridine rings is 2. The van der Waals surface area contributed by atoms with E-state index in [1.807, 2.05) is 57.2 Å². The molecule has 2 aliphatic rings. The van der Waals surface area contributed by atoms with Gasteiger partial charge in [-0.05, 0) is 70.4 Å². The van der Waals surface area contributed by atoms with Crippen molar-refractivity contribution in [3.63, 3.8) is 0 Å². The van der Waals surface area contributed by atoms with Crippen molar-refractivity contribution in [2.24, 2.45) is 5.92 Å². The van der Waals surface area contributed by atoms with Crippen molar-refractivity contribution >= 4 is 23.3 Å². The number of rotatable bonds is 8. The van der Waals surface area contributed by atoms with Gasteiger partial charge in [-0.25, -0.2) is 14.6 Å². The lowest BCUT2D eigenvalue weighted by atomic mass is 9.81. The third-order valence-corrected chi connectivity index (χ3v) is 7.36. The molecular weight excluding hydrogens is 526 g/mol. The molecule has 41 heavy (non-hydrogen) atoms. The number of nitrogens with one attached hydrogen (secondary N) is 1. The van der Waals surface area contributed by atoms with Gasteiger partial charge in [0.25, 0.3) is 0 Å². The monoisotopic (exact) mass is 563 g/mol. The second-order valence-corrected chi connectivity index (χ2v) is 11.6. The summed E-state index contributed by atoms with van der Waals surface area (Å²) in [6.07, 6.45) is 3.28. The Hall–Kier alpha value is -4.08. The number of hydrogen-bond acceptors (Lipinski definition) is 9. The molecule has 218 valence electrons. The van der Waals surface area contributed by atoms with E-state index in [1.165, 1.54) is 0 Å². The fourth-order valence-corrected chi connectivity index (χ4v) is 5.44. The average Bonchev–Trinajstić information content (AvgIpc) is 3.30. The van der Waals surface area contributed by atoms with Crippen LogP contribution in [0.25, 0.3) is 11.0 Å². The van der Waals surface area contributed by atoms with Gasteiger partial charge in [0.2, 0.25) is 5.88 Å². The third-order valence-electron chi connectivity index (χ3n) is 7.36. The van der Waals surface area contributed by atoms with E-state index < -0.39 is 30.1 Å². The van der Waals surface area contributed by atoms with Gasteiger partial charge in [-0.1, -0.05) is 30.3 Å². The molecule has 1 N–H and O–H groups in total. The van der Waals surface area contributed by atoms with Gasteiger partial charge in [0.05, 0.1) is 24.4 Å². The summed E-state index contributed by atoms with van der Waals surface area (Å²) in [5, 5.41) is 2.98. The first kappa shape index (κ1) is 28.4. The molecule has 2 aromatic heterocycles. The fourth-order valence-electron chi connectivity index (χ4n) is 5.44. The Bertz CT molecular complexity index is 1370. The summed E-state index contributed by atoms with van der Waals surface area (Å²) in [5.41, 5.74) is 2.23. The number of benzene rings is 1. The van der Waals surface area contributed by atoms with Crippen LogP contribution in [0.2, 0.25) is 0 Å². The second kappa shape index (κ2) is 12.2. The first-order valence-corrected chi connectivity index (χ1v) is 14.1. The van der Waals surface area contributed by atoms with Gasteiger partial charge in [0.1, 0.15) is 29.6 Å². The molecule has 10 heteroatoms. The number of aromatic nitrogens is 2.